The van der Waals surface area contributed by atoms with Crippen LogP contribution < -0.4 is 14.8 Å². The summed E-state index contributed by atoms with van der Waals surface area (Å²) < 4.78 is 24.8. The van der Waals surface area contributed by atoms with Gasteiger partial charge >= 0.3 is 0 Å². The van der Waals surface area contributed by atoms with Gasteiger partial charge < -0.3 is 14.8 Å². The van der Waals surface area contributed by atoms with Gasteiger partial charge in [-0.15, -0.1) is 0 Å². The van der Waals surface area contributed by atoms with Crippen molar-refractivity contribution in [2.45, 2.75) is 32.9 Å². The maximum absolute atomic E-state index is 13.7. The predicted octanol–water partition coefficient (Wildman–Crippen LogP) is 4.96. The van der Waals surface area contributed by atoms with E-state index in [1.807, 2.05) is 12.1 Å². The first-order valence-corrected chi connectivity index (χ1v) is 8.46. The molecule has 130 valence electrons. The standard InChI is InChI=1S/C19H23ClFNO2/c1-3-4-9-22-12-14-10-16(20)19(18(11-14)23-2)24-13-15-7-5-6-8-17(15)21/h5-8,10-11,22H,3-4,9,12-13H2,1-2H3. The van der Waals surface area contributed by atoms with Crippen LogP contribution in [0.3, 0.4) is 0 Å². The van der Waals surface area contributed by atoms with E-state index < -0.39 is 0 Å². The first-order chi connectivity index (χ1) is 11.7. The topological polar surface area (TPSA) is 30.5 Å². The fourth-order valence-electron chi connectivity index (χ4n) is 2.32. The molecule has 0 saturated heterocycles. The molecule has 3 nitrogen and oxygen atoms in total. The number of nitrogens with one attached hydrogen (secondary N) is 1. The van der Waals surface area contributed by atoms with E-state index >= 15 is 0 Å². The van der Waals surface area contributed by atoms with Gasteiger partial charge in [-0.25, -0.2) is 4.39 Å². The molecule has 0 fully saturated rings. The van der Waals surface area contributed by atoms with Crippen LogP contribution in [0.4, 0.5) is 4.39 Å². The molecule has 0 aromatic heterocycles. The van der Waals surface area contributed by atoms with E-state index in [0.717, 1.165) is 24.9 Å². The number of halogens is 2. The second kappa shape index (κ2) is 9.50. The minimum absolute atomic E-state index is 0.0941. The lowest BCUT2D eigenvalue weighted by atomic mass is 10.2. The molecule has 5 heteroatoms. The Bertz CT molecular complexity index is 664. The molecule has 0 radical (unpaired) electrons. The Morgan fingerprint density at radius 3 is 2.71 bits per heavy atom. The molecule has 0 aliphatic rings. The lowest BCUT2D eigenvalue weighted by Gasteiger charge is -2.15. The van der Waals surface area contributed by atoms with E-state index in [-0.39, 0.29) is 12.4 Å². The summed E-state index contributed by atoms with van der Waals surface area (Å²) in [4.78, 5) is 0. The van der Waals surface area contributed by atoms with E-state index in [4.69, 9.17) is 21.1 Å². The van der Waals surface area contributed by atoms with Crippen LogP contribution in [0.1, 0.15) is 30.9 Å². The lowest BCUT2D eigenvalue weighted by Crippen LogP contribution is -2.14. The molecule has 24 heavy (non-hydrogen) atoms. The second-order valence-corrected chi connectivity index (χ2v) is 5.93. The summed E-state index contributed by atoms with van der Waals surface area (Å²) >= 11 is 6.33. The van der Waals surface area contributed by atoms with Gasteiger partial charge in [-0.2, -0.15) is 0 Å². The quantitative estimate of drug-likeness (QED) is 0.648. The van der Waals surface area contributed by atoms with Gasteiger partial charge in [0.2, 0.25) is 0 Å². The molecule has 2 aromatic rings. The van der Waals surface area contributed by atoms with Crippen molar-refractivity contribution in [1.29, 1.82) is 0 Å². The normalized spacial score (nSPS) is 10.7. The van der Waals surface area contributed by atoms with Crippen LogP contribution >= 0.6 is 11.6 Å². The molecule has 0 aliphatic heterocycles. The van der Waals surface area contributed by atoms with Gasteiger partial charge in [0.05, 0.1) is 12.1 Å². The van der Waals surface area contributed by atoms with Crippen molar-refractivity contribution in [3.05, 3.63) is 58.4 Å². The predicted molar refractivity (Wildman–Crippen MR) is 95.4 cm³/mol. The molecule has 0 amide bonds. The zero-order valence-electron chi connectivity index (χ0n) is 14.1. The first kappa shape index (κ1) is 18.6. The van der Waals surface area contributed by atoms with Crippen LogP contribution in [0.15, 0.2) is 36.4 Å². The van der Waals surface area contributed by atoms with Gasteiger partial charge in [0, 0.05) is 12.1 Å². The van der Waals surface area contributed by atoms with E-state index in [1.54, 1.807) is 25.3 Å². The molecule has 0 aliphatic carbocycles. The highest BCUT2D eigenvalue weighted by Gasteiger charge is 2.13. The van der Waals surface area contributed by atoms with Gasteiger partial charge in [-0.05, 0) is 36.7 Å². The van der Waals surface area contributed by atoms with E-state index in [2.05, 4.69) is 12.2 Å². The van der Waals surface area contributed by atoms with Crippen molar-refractivity contribution >= 4 is 11.6 Å². The minimum Gasteiger partial charge on any atom is -0.493 e. The van der Waals surface area contributed by atoms with Gasteiger partial charge in [0.25, 0.3) is 0 Å². The number of hydrogen-bond donors (Lipinski definition) is 1. The monoisotopic (exact) mass is 351 g/mol. The third-order valence-electron chi connectivity index (χ3n) is 3.66. The number of hydrogen-bond acceptors (Lipinski definition) is 3. The highest BCUT2D eigenvalue weighted by molar-refractivity contribution is 6.32. The summed E-state index contributed by atoms with van der Waals surface area (Å²) in [6.45, 7) is 3.92. The molecule has 2 rings (SSSR count). The molecule has 0 spiro atoms. The van der Waals surface area contributed by atoms with Gasteiger partial charge in [0.1, 0.15) is 12.4 Å². The van der Waals surface area contributed by atoms with Crippen molar-refractivity contribution in [2.24, 2.45) is 0 Å². The van der Waals surface area contributed by atoms with Crippen LogP contribution in [0.5, 0.6) is 11.5 Å². The molecular weight excluding hydrogens is 329 g/mol. The molecule has 0 atom stereocenters. The summed E-state index contributed by atoms with van der Waals surface area (Å²) in [6.07, 6.45) is 2.29. The van der Waals surface area contributed by atoms with Crippen molar-refractivity contribution in [2.75, 3.05) is 13.7 Å². The Morgan fingerprint density at radius 1 is 1.21 bits per heavy atom. The average molecular weight is 352 g/mol. The van der Waals surface area contributed by atoms with E-state index in [1.165, 1.54) is 6.07 Å². The molecule has 0 unspecified atom stereocenters. The maximum atomic E-state index is 13.7. The summed E-state index contributed by atoms with van der Waals surface area (Å²) in [5.41, 5.74) is 1.49. The minimum atomic E-state index is -0.302. The number of methoxy groups -OCH3 is 1. The van der Waals surface area contributed by atoms with E-state index in [0.29, 0.717) is 28.6 Å². The zero-order chi connectivity index (χ0) is 17.4. The van der Waals surface area contributed by atoms with Crippen molar-refractivity contribution in [3.8, 4) is 11.5 Å². The number of ether oxygens (including phenoxy) is 2. The Kier molecular flexibility index (Phi) is 7.35. The lowest BCUT2D eigenvalue weighted by molar-refractivity contribution is 0.279. The first-order valence-electron chi connectivity index (χ1n) is 8.09. The number of rotatable bonds is 9. The number of benzene rings is 2. The summed E-state index contributed by atoms with van der Waals surface area (Å²) in [7, 11) is 1.57. The smallest absolute Gasteiger partial charge is 0.180 e. The third-order valence-corrected chi connectivity index (χ3v) is 3.94. The maximum Gasteiger partial charge on any atom is 0.180 e. The van der Waals surface area contributed by atoms with E-state index in [9.17, 15) is 4.39 Å². The van der Waals surface area contributed by atoms with Crippen LogP contribution in [0.25, 0.3) is 0 Å². The third kappa shape index (κ3) is 5.11. The van der Waals surface area contributed by atoms with Gasteiger partial charge in [0.15, 0.2) is 11.5 Å². The Labute approximate surface area is 147 Å². The summed E-state index contributed by atoms with van der Waals surface area (Å²) in [6, 6.07) is 10.2. The second-order valence-electron chi connectivity index (χ2n) is 5.52. The SMILES string of the molecule is CCCCNCc1cc(Cl)c(OCc2ccccc2F)c(OC)c1. The Balaban J connectivity index is 2.08. The van der Waals surface area contributed by atoms with Crippen LogP contribution in [0.2, 0.25) is 5.02 Å². The molecule has 0 saturated carbocycles. The van der Waals surface area contributed by atoms with Crippen LogP contribution in [-0.4, -0.2) is 13.7 Å². The average Bonchev–Trinajstić information content (AvgIpc) is 2.58. The molecular formula is C19H23ClFNO2. The van der Waals surface area contributed by atoms with Crippen molar-refractivity contribution in [1.82, 2.24) is 5.32 Å². The zero-order valence-corrected chi connectivity index (χ0v) is 14.8. The van der Waals surface area contributed by atoms with Gasteiger partial charge in [-0.3, -0.25) is 0 Å². The number of unbranched alkanes of at least 4 members (excludes halogenated alkanes) is 1. The largest absolute Gasteiger partial charge is 0.493 e. The Morgan fingerprint density at radius 2 is 2.00 bits per heavy atom. The molecule has 0 bridgehead atoms. The highest BCUT2D eigenvalue weighted by atomic mass is 35.5. The van der Waals surface area contributed by atoms with Crippen molar-refractivity contribution in [3.63, 3.8) is 0 Å². The fraction of sp³-hybridized carbons (Fsp3) is 0.368. The molecule has 1 N–H and O–H groups in total. The van der Waals surface area contributed by atoms with Gasteiger partial charge in [-0.1, -0.05) is 43.1 Å². The molecule has 0 heterocycles. The fourth-order valence-corrected chi connectivity index (χ4v) is 2.60. The van der Waals surface area contributed by atoms with Crippen LogP contribution in [0, 0.1) is 5.82 Å². The van der Waals surface area contributed by atoms with Crippen LogP contribution in [-0.2, 0) is 13.2 Å². The van der Waals surface area contributed by atoms with Crippen molar-refractivity contribution < 1.29 is 13.9 Å². The molecule has 2 aromatic carbocycles. The Hall–Kier alpha value is -1.78. The summed E-state index contributed by atoms with van der Waals surface area (Å²) in [5, 5.41) is 3.82. The summed E-state index contributed by atoms with van der Waals surface area (Å²) in [5.74, 6) is 0.676. The highest BCUT2D eigenvalue weighted by Crippen LogP contribution is 2.37.